The zero-order valence-electron chi connectivity index (χ0n) is 11.1. The van der Waals surface area contributed by atoms with Gasteiger partial charge in [0, 0.05) is 6.54 Å². The summed E-state index contributed by atoms with van der Waals surface area (Å²) < 4.78 is 0. The van der Waals surface area contributed by atoms with Gasteiger partial charge in [0.2, 0.25) is 0 Å². The van der Waals surface area contributed by atoms with Crippen molar-refractivity contribution in [2.24, 2.45) is 5.92 Å². The Labute approximate surface area is 113 Å². The molecule has 1 saturated carbocycles. The molecule has 3 heteroatoms. The fraction of sp³-hybridized carbons (Fsp3) is 0.500. The van der Waals surface area contributed by atoms with Crippen molar-refractivity contribution in [1.29, 1.82) is 0 Å². The van der Waals surface area contributed by atoms with Gasteiger partial charge in [0.15, 0.2) is 0 Å². The first-order valence-electron chi connectivity index (χ1n) is 7.22. The molecular weight excluding hydrogens is 238 g/mol. The predicted octanol–water partition coefficient (Wildman–Crippen LogP) is 3.19. The Morgan fingerprint density at radius 1 is 1.00 bits per heavy atom. The lowest BCUT2D eigenvalue weighted by molar-refractivity contribution is -0.114. The van der Waals surface area contributed by atoms with Gasteiger partial charge in [-0.05, 0) is 30.9 Å². The topological polar surface area (TPSA) is 37.4 Å². The number of carbonyl (C=O) groups excluding carboxylic acids is 2. The first-order valence-corrected chi connectivity index (χ1v) is 7.22. The first kappa shape index (κ1) is 12.4. The van der Waals surface area contributed by atoms with E-state index in [1.54, 1.807) is 11.0 Å². The minimum absolute atomic E-state index is 0.342. The van der Waals surface area contributed by atoms with E-state index in [2.05, 4.69) is 0 Å². The number of anilines is 1. The maximum Gasteiger partial charge on any atom is 0.299 e. The molecule has 0 atom stereocenters. The average Bonchev–Trinajstić information content (AvgIpc) is 2.65. The summed E-state index contributed by atoms with van der Waals surface area (Å²) in [7, 11) is 0. The van der Waals surface area contributed by atoms with Crippen LogP contribution in [0.25, 0.3) is 0 Å². The van der Waals surface area contributed by atoms with Gasteiger partial charge in [-0.25, -0.2) is 0 Å². The number of benzene rings is 1. The summed E-state index contributed by atoms with van der Waals surface area (Å²) in [5.74, 6) is -0.139. The van der Waals surface area contributed by atoms with Crippen molar-refractivity contribution in [1.82, 2.24) is 0 Å². The summed E-state index contributed by atoms with van der Waals surface area (Å²) in [4.78, 5) is 25.7. The van der Waals surface area contributed by atoms with Crippen LogP contribution in [-0.2, 0) is 4.79 Å². The van der Waals surface area contributed by atoms with Crippen molar-refractivity contribution in [3.8, 4) is 0 Å². The molecule has 0 radical (unpaired) electrons. The maximum absolute atomic E-state index is 12.1. The zero-order chi connectivity index (χ0) is 13.2. The maximum atomic E-state index is 12.1. The zero-order valence-corrected chi connectivity index (χ0v) is 11.1. The van der Waals surface area contributed by atoms with Crippen LogP contribution < -0.4 is 4.90 Å². The van der Waals surface area contributed by atoms with E-state index in [1.165, 1.54) is 38.5 Å². The van der Waals surface area contributed by atoms with Gasteiger partial charge >= 0.3 is 0 Å². The van der Waals surface area contributed by atoms with Gasteiger partial charge in [-0.3, -0.25) is 9.59 Å². The molecule has 0 N–H and O–H groups in total. The van der Waals surface area contributed by atoms with Gasteiger partial charge in [-0.15, -0.1) is 0 Å². The highest BCUT2D eigenvalue weighted by Gasteiger charge is 2.36. The lowest BCUT2D eigenvalue weighted by Gasteiger charge is -2.22. The molecule has 0 bridgehead atoms. The monoisotopic (exact) mass is 257 g/mol. The molecule has 0 aromatic heterocycles. The van der Waals surface area contributed by atoms with E-state index in [4.69, 9.17) is 0 Å². The number of hydrogen-bond acceptors (Lipinski definition) is 2. The van der Waals surface area contributed by atoms with Gasteiger partial charge in [-0.2, -0.15) is 0 Å². The Balaban J connectivity index is 1.81. The van der Waals surface area contributed by atoms with E-state index in [0.717, 1.165) is 5.69 Å². The smallest absolute Gasteiger partial charge is 0.299 e. The van der Waals surface area contributed by atoms with Crippen molar-refractivity contribution < 1.29 is 9.59 Å². The van der Waals surface area contributed by atoms with Crippen molar-refractivity contribution >= 4 is 17.4 Å². The van der Waals surface area contributed by atoms with Crippen molar-refractivity contribution in [2.75, 3.05) is 11.4 Å². The molecular formula is C16H19NO2. The molecule has 1 aromatic carbocycles. The summed E-state index contributed by atoms with van der Waals surface area (Å²) >= 11 is 0. The van der Waals surface area contributed by atoms with E-state index < -0.39 is 0 Å². The van der Waals surface area contributed by atoms with Crippen LogP contribution in [0.1, 0.15) is 48.9 Å². The number of rotatable bonds is 2. The highest BCUT2D eigenvalue weighted by molar-refractivity contribution is 6.52. The molecule has 0 spiro atoms. The Morgan fingerprint density at radius 3 is 2.42 bits per heavy atom. The van der Waals surface area contributed by atoms with Crippen LogP contribution in [-0.4, -0.2) is 18.2 Å². The molecule has 0 saturated heterocycles. The Kier molecular flexibility index (Phi) is 3.36. The molecule has 1 fully saturated rings. The van der Waals surface area contributed by atoms with Crippen LogP contribution in [0.3, 0.4) is 0 Å². The van der Waals surface area contributed by atoms with E-state index in [0.29, 0.717) is 18.0 Å². The highest BCUT2D eigenvalue weighted by atomic mass is 16.2. The second-order valence-electron chi connectivity index (χ2n) is 5.62. The lowest BCUT2D eigenvalue weighted by atomic mass is 10.00. The molecule has 100 valence electrons. The molecule has 2 aliphatic rings. The molecule has 1 heterocycles. The minimum Gasteiger partial charge on any atom is -0.304 e. The van der Waals surface area contributed by atoms with E-state index >= 15 is 0 Å². The lowest BCUT2D eigenvalue weighted by Crippen LogP contribution is -2.34. The van der Waals surface area contributed by atoms with Gasteiger partial charge in [0.1, 0.15) is 0 Å². The number of nitrogens with zero attached hydrogens (tertiary/aromatic N) is 1. The van der Waals surface area contributed by atoms with Gasteiger partial charge in [-0.1, -0.05) is 37.8 Å². The number of carbonyl (C=O) groups is 2. The third kappa shape index (κ3) is 2.29. The molecule has 3 nitrogen and oxygen atoms in total. The second-order valence-corrected chi connectivity index (χ2v) is 5.62. The Morgan fingerprint density at radius 2 is 1.68 bits per heavy atom. The third-order valence-corrected chi connectivity index (χ3v) is 4.29. The summed E-state index contributed by atoms with van der Waals surface area (Å²) in [6.07, 6.45) is 7.48. The molecule has 3 rings (SSSR count). The molecule has 1 aliphatic carbocycles. The number of fused-ring (bicyclic) bond motifs is 1. The number of hydrogen-bond donors (Lipinski definition) is 0. The summed E-state index contributed by atoms with van der Waals surface area (Å²) in [6.45, 7) is 0.710. The van der Waals surface area contributed by atoms with Crippen LogP contribution in [0.2, 0.25) is 0 Å². The van der Waals surface area contributed by atoms with Crippen LogP contribution >= 0.6 is 0 Å². The van der Waals surface area contributed by atoms with Gasteiger partial charge in [0.05, 0.1) is 11.3 Å². The number of ketones is 1. The third-order valence-electron chi connectivity index (χ3n) is 4.29. The molecule has 1 aromatic rings. The van der Waals surface area contributed by atoms with Crippen LogP contribution in [0, 0.1) is 5.92 Å². The SMILES string of the molecule is O=C1C(=O)N(CC2CCCCCC2)c2ccccc21. The van der Waals surface area contributed by atoms with E-state index in [-0.39, 0.29) is 11.7 Å². The average molecular weight is 257 g/mol. The fourth-order valence-electron chi connectivity index (χ4n) is 3.23. The van der Waals surface area contributed by atoms with Crippen LogP contribution in [0.15, 0.2) is 24.3 Å². The van der Waals surface area contributed by atoms with Gasteiger partial charge in [0.25, 0.3) is 11.7 Å². The summed E-state index contributed by atoms with van der Waals surface area (Å²) in [5, 5.41) is 0. The van der Waals surface area contributed by atoms with Crippen molar-refractivity contribution in [2.45, 2.75) is 38.5 Å². The normalized spacial score (nSPS) is 20.5. The second kappa shape index (κ2) is 5.16. The Bertz CT molecular complexity index is 501. The summed E-state index contributed by atoms with van der Waals surface area (Å²) in [5.41, 5.74) is 1.38. The predicted molar refractivity (Wildman–Crippen MR) is 74.3 cm³/mol. The molecule has 0 unspecified atom stereocenters. The summed E-state index contributed by atoms with van der Waals surface area (Å²) in [6, 6.07) is 7.35. The minimum atomic E-state index is -0.343. The molecule has 1 aliphatic heterocycles. The van der Waals surface area contributed by atoms with Crippen molar-refractivity contribution in [3.05, 3.63) is 29.8 Å². The quantitative estimate of drug-likeness (QED) is 0.602. The van der Waals surface area contributed by atoms with Gasteiger partial charge < -0.3 is 4.90 Å². The Hall–Kier alpha value is -1.64. The van der Waals surface area contributed by atoms with Crippen LogP contribution in [0.4, 0.5) is 5.69 Å². The molecule has 19 heavy (non-hydrogen) atoms. The van der Waals surface area contributed by atoms with Crippen LogP contribution in [0.5, 0.6) is 0 Å². The number of para-hydroxylation sites is 1. The standard InChI is InChI=1S/C16H19NO2/c18-15-13-9-5-6-10-14(13)17(16(15)19)11-12-7-3-1-2-4-8-12/h5-6,9-10,12H,1-4,7-8,11H2. The number of Topliss-reactive ketones (excluding diaryl/α,β-unsaturated/α-hetero) is 1. The number of amides is 1. The first-order chi connectivity index (χ1) is 9.27. The largest absolute Gasteiger partial charge is 0.304 e. The molecule has 1 amide bonds. The highest BCUT2D eigenvalue weighted by Crippen LogP contribution is 2.31. The van der Waals surface area contributed by atoms with Crippen molar-refractivity contribution in [3.63, 3.8) is 0 Å². The fourth-order valence-corrected chi connectivity index (χ4v) is 3.23. The van der Waals surface area contributed by atoms with E-state index in [1.807, 2.05) is 18.2 Å². The van der Waals surface area contributed by atoms with E-state index in [9.17, 15) is 9.59 Å².